The molecule has 3 aromatic rings. The van der Waals surface area contributed by atoms with Crippen molar-refractivity contribution in [3.05, 3.63) is 107 Å². The Morgan fingerprint density at radius 1 is 0.909 bits per heavy atom. The number of hydrogen-bond acceptors (Lipinski definition) is 4. The molecule has 0 aromatic heterocycles. The van der Waals surface area contributed by atoms with Crippen LogP contribution in [0.25, 0.3) is 5.57 Å². The molecule has 0 aliphatic carbocycles. The van der Waals surface area contributed by atoms with Gasteiger partial charge >= 0.3 is 0 Å². The van der Waals surface area contributed by atoms with Gasteiger partial charge in [-0.2, -0.15) is 0 Å². The van der Waals surface area contributed by atoms with Crippen LogP contribution in [0.4, 0.5) is 0 Å². The smallest absolute Gasteiger partial charge is 0.251 e. The minimum Gasteiger partial charge on any atom is -0.493 e. The highest BCUT2D eigenvalue weighted by Crippen LogP contribution is 2.35. The van der Waals surface area contributed by atoms with Gasteiger partial charge in [-0.1, -0.05) is 93.6 Å². The number of hydrogen-bond donors (Lipinski definition) is 1. The predicted molar refractivity (Wildman–Crippen MR) is 178 cm³/mol. The maximum atomic E-state index is 14.0. The number of rotatable bonds is 10. The molecule has 2 bridgehead atoms. The Morgan fingerprint density at radius 3 is 2.30 bits per heavy atom. The topological polar surface area (TPSA) is 61.9 Å². The number of para-hydroxylation sites is 1. The van der Waals surface area contributed by atoms with Gasteiger partial charge in [0, 0.05) is 45.2 Å². The summed E-state index contributed by atoms with van der Waals surface area (Å²) in [6, 6.07) is 27.2. The van der Waals surface area contributed by atoms with Gasteiger partial charge in [-0.25, -0.2) is 0 Å². The number of carbonyl (C=O) groups is 2. The summed E-state index contributed by atoms with van der Waals surface area (Å²) in [6.45, 7) is 10.7. The van der Waals surface area contributed by atoms with E-state index in [4.69, 9.17) is 4.74 Å². The van der Waals surface area contributed by atoms with Crippen LogP contribution in [0.1, 0.15) is 62.8 Å². The van der Waals surface area contributed by atoms with Crippen LogP contribution in [0, 0.1) is 0 Å². The molecule has 5 rings (SSSR count). The molecule has 2 heterocycles. The summed E-state index contributed by atoms with van der Waals surface area (Å²) in [5.74, 6) is 1.06. The molecule has 0 saturated carbocycles. The minimum atomic E-state index is -0.180. The maximum Gasteiger partial charge on any atom is 0.251 e. The first-order chi connectivity index (χ1) is 21.1. The molecule has 6 nitrogen and oxygen atoms in total. The average Bonchev–Trinajstić information content (AvgIpc) is 3.01. The van der Waals surface area contributed by atoms with Crippen LogP contribution in [0.3, 0.4) is 0 Å². The van der Waals surface area contributed by atoms with E-state index in [-0.39, 0.29) is 29.3 Å². The normalized spacial score (nSPS) is 18.2. The van der Waals surface area contributed by atoms with Crippen LogP contribution in [0.5, 0.6) is 5.75 Å². The first-order valence-electron chi connectivity index (χ1n) is 16.0. The summed E-state index contributed by atoms with van der Waals surface area (Å²) < 4.78 is 6.20. The average molecular weight is 594 g/mol. The molecular weight excluding hydrogens is 546 g/mol. The number of likely N-dealkylation sites (N-methyl/N-ethyl adjacent to an activating group) is 1. The highest BCUT2D eigenvalue weighted by atomic mass is 16.5. The van der Waals surface area contributed by atoms with E-state index in [1.54, 1.807) is 6.92 Å². The number of fused-ring (bicyclic) bond motifs is 2. The van der Waals surface area contributed by atoms with E-state index in [9.17, 15) is 9.59 Å². The fourth-order valence-electron chi connectivity index (χ4n) is 6.42. The van der Waals surface area contributed by atoms with Crippen molar-refractivity contribution in [2.75, 3.05) is 33.3 Å². The number of ether oxygens (including phenoxy) is 1. The van der Waals surface area contributed by atoms with Crippen LogP contribution < -0.4 is 10.1 Å². The zero-order valence-electron chi connectivity index (χ0n) is 26.9. The number of piperazine rings is 1. The molecule has 0 spiro atoms. The molecule has 1 saturated heterocycles. The molecule has 1 N–H and O–H groups in total. The van der Waals surface area contributed by atoms with E-state index < -0.39 is 0 Å². The van der Waals surface area contributed by atoms with Crippen molar-refractivity contribution >= 4 is 17.4 Å². The van der Waals surface area contributed by atoms with Gasteiger partial charge in [-0.15, -0.1) is 0 Å². The minimum absolute atomic E-state index is 0.0362. The van der Waals surface area contributed by atoms with Gasteiger partial charge in [-0.3, -0.25) is 9.59 Å². The summed E-state index contributed by atoms with van der Waals surface area (Å²) in [5.41, 5.74) is 6.72. The van der Waals surface area contributed by atoms with E-state index in [2.05, 4.69) is 80.7 Å². The van der Waals surface area contributed by atoms with Gasteiger partial charge in [0.1, 0.15) is 5.75 Å². The van der Waals surface area contributed by atoms with Gasteiger partial charge in [0.05, 0.1) is 12.6 Å². The lowest BCUT2D eigenvalue weighted by Gasteiger charge is -2.44. The van der Waals surface area contributed by atoms with Crippen molar-refractivity contribution in [2.45, 2.75) is 70.9 Å². The number of aryl methyl sites for hydroxylation is 1. The van der Waals surface area contributed by atoms with Crippen LogP contribution >= 0.6 is 0 Å². The van der Waals surface area contributed by atoms with Crippen LogP contribution in [0.2, 0.25) is 0 Å². The van der Waals surface area contributed by atoms with Crippen molar-refractivity contribution in [1.29, 1.82) is 0 Å². The Bertz CT molecular complexity index is 1470. The van der Waals surface area contributed by atoms with Crippen molar-refractivity contribution in [3.8, 4) is 5.75 Å². The van der Waals surface area contributed by atoms with Crippen molar-refractivity contribution in [3.63, 3.8) is 0 Å². The second-order valence-corrected chi connectivity index (χ2v) is 13.3. The van der Waals surface area contributed by atoms with E-state index in [1.807, 2.05) is 41.1 Å². The van der Waals surface area contributed by atoms with Crippen LogP contribution in [-0.2, 0) is 27.8 Å². The molecule has 2 amide bonds. The first kappa shape index (κ1) is 31.5. The molecule has 3 aromatic carbocycles. The molecule has 2 aliphatic rings. The predicted octanol–water partition coefficient (Wildman–Crippen LogP) is 6.04. The third kappa shape index (κ3) is 7.59. The van der Waals surface area contributed by atoms with Gasteiger partial charge in [0.2, 0.25) is 5.91 Å². The largest absolute Gasteiger partial charge is 0.493 e. The third-order valence-electron chi connectivity index (χ3n) is 8.87. The summed E-state index contributed by atoms with van der Waals surface area (Å²) in [7, 11) is 1.89. The zero-order valence-corrected chi connectivity index (χ0v) is 26.9. The third-order valence-corrected chi connectivity index (χ3v) is 8.87. The van der Waals surface area contributed by atoms with Gasteiger partial charge < -0.3 is 19.9 Å². The molecule has 232 valence electrons. The number of nitrogens with one attached hydrogen (secondary N) is 1. The Morgan fingerprint density at radius 2 is 1.59 bits per heavy atom. The molecule has 6 heteroatoms. The fraction of sp³-hybridized carbons (Fsp3) is 0.421. The number of carbonyl (C=O) groups excluding carboxylic acids is 2. The highest BCUT2D eigenvalue weighted by molar-refractivity contribution is 6.03. The van der Waals surface area contributed by atoms with Gasteiger partial charge in [0.25, 0.3) is 5.91 Å². The summed E-state index contributed by atoms with van der Waals surface area (Å²) in [4.78, 5) is 30.1. The quantitative estimate of drug-likeness (QED) is 0.291. The van der Waals surface area contributed by atoms with Crippen molar-refractivity contribution in [1.82, 2.24) is 15.1 Å². The molecule has 44 heavy (non-hydrogen) atoms. The lowest BCUT2D eigenvalue weighted by atomic mass is 9.82. The number of amides is 2. The fourth-order valence-corrected chi connectivity index (χ4v) is 6.42. The maximum absolute atomic E-state index is 14.0. The summed E-state index contributed by atoms with van der Waals surface area (Å²) in [5, 5.41) is 3.66. The van der Waals surface area contributed by atoms with Gasteiger partial charge in [-0.05, 0) is 65.0 Å². The lowest BCUT2D eigenvalue weighted by molar-refractivity contribution is -0.132. The number of nitrogens with zero attached hydrogens (tertiary/aromatic N) is 2. The Kier molecular flexibility index (Phi) is 9.90. The standard InChI is InChI=1S/C38H47N3O3/c1-27(42)41-25-31-24-32(36(34(26-41)39-31)37(43)40(5)22-21-28-12-7-6-8-13-28)30-19-17-29(18-20-30)14-11-23-44-35-16-10-9-15-33(35)38(2,3)4/h6-10,12-13,15-20,31,34,39H,11,14,21-26H2,1-5H3. The molecule has 2 aliphatic heterocycles. The Hall–Kier alpha value is -3.90. The Balaban J connectivity index is 1.29. The second kappa shape index (κ2) is 13.8. The van der Waals surface area contributed by atoms with Crippen LogP contribution in [0.15, 0.2) is 84.4 Å². The van der Waals surface area contributed by atoms with E-state index in [0.29, 0.717) is 32.7 Å². The Labute approximate surface area is 263 Å². The summed E-state index contributed by atoms with van der Waals surface area (Å²) in [6.07, 6.45) is 3.36. The highest BCUT2D eigenvalue weighted by Gasteiger charge is 2.39. The second-order valence-electron chi connectivity index (χ2n) is 13.3. The molecule has 1 fully saturated rings. The first-order valence-corrected chi connectivity index (χ1v) is 16.0. The van der Waals surface area contributed by atoms with Gasteiger partial charge in [0.15, 0.2) is 0 Å². The molecule has 0 radical (unpaired) electrons. The summed E-state index contributed by atoms with van der Waals surface area (Å²) >= 11 is 0. The zero-order chi connectivity index (χ0) is 31.3. The van der Waals surface area contributed by atoms with E-state index >= 15 is 0 Å². The number of benzene rings is 3. The van der Waals surface area contributed by atoms with Crippen molar-refractivity contribution in [2.24, 2.45) is 0 Å². The monoisotopic (exact) mass is 593 g/mol. The van der Waals surface area contributed by atoms with Crippen LogP contribution in [-0.4, -0.2) is 67.0 Å². The lowest BCUT2D eigenvalue weighted by Crippen LogP contribution is -2.61. The van der Waals surface area contributed by atoms with E-state index in [0.717, 1.165) is 41.7 Å². The SMILES string of the molecule is CC(=O)N1CC2CC(c3ccc(CCCOc4ccccc4C(C)(C)C)cc3)=C(C(=O)N(C)CCc3ccccc3)C(C1)N2. The molecular formula is C38H47N3O3. The molecule has 2 atom stereocenters. The molecule has 2 unspecified atom stereocenters. The van der Waals surface area contributed by atoms with E-state index in [1.165, 1.54) is 16.7 Å². The van der Waals surface area contributed by atoms with Crippen molar-refractivity contribution < 1.29 is 14.3 Å².